The topological polar surface area (TPSA) is 54.0 Å². The Bertz CT molecular complexity index is 728. The van der Waals surface area contributed by atoms with Crippen molar-refractivity contribution in [1.29, 1.82) is 0 Å². The van der Waals surface area contributed by atoms with Crippen LogP contribution in [0.15, 0.2) is 48.5 Å². The number of ether oxygens (including phenoxy) is 4. The highest BCUT2D eigenvalue weighted by atomic mass is 16.7. The van der Waals surface area contributed by atoms with Gasteiger partial charge in [0, 0.05) is 5.92 Å². The van der Waals surface area contributed by atoms with E-state index in [9.17, 15) is 4.79 Å². The average molecular weight is 326 g/mol. The van der Waals surface area contributed by atoms with E-state index in [2.05, 4.69) is 0 Å². The fourth-order valence-corrected chi connectivity index (χ4v) is 3.08. The molecule has 2 aliphatic rings. The van der Waals surface area contributed by atoms with Gasteiger partial charge in [0.15, 0.2) is 11.5 Å². The number of rotatable bonds is 5. The highest BCUT2D eigenvalue weighted by molar-refractivity contribution is 5.71. The second kappa shape index (κ2) is 6.53. The lowest BCUT2D eigenvalue weighted by atomic mass is 9.94. The Kier molecular flexibility index (Phi) is 4.09. The molecule has 0 radical (unpaired) electrons. The number of fused-ring (bicyclic) bond motifs is 1. The van der Waals surface area contributed by atoms with Crippen LogP contribution in [0.3, 0.4) is 0 Å². The fourth-order valence-electron chi connectivity index (χ4n) is 3.08. The van der Waals surface area contributed by atoms with Gasteiger partial charge in [-0.3, -0.25) is 4.79 Å². The van der Waals surface area contributed by atoms with Crippen LogP contribution in [0, 0.1) is 5.92 Å². The number of esters is 1. The molecule has 4 rings (SSSR count). The van der Waals surface area contributed by atoms with Crippen molar-refractivity contribution in [3.8, 4) is 11.5 Å². The number of hydrogen-bond acceptors (Lipinski definition) is 5. The van der Waals surface area contributed by atoms with E-state index in [1.54, 1.807) is 0 Å². The number of hydrogen-bond donors (Lipinski definition) is 0. The van der Waals surface area contributed by atoms with Gasteiger partial charge in [0.05, 0.1) is 25.7 Å². The Hall–Kier alpha value is -2.53. The van der Waals surface area contributed by atoms with Crippen molar-refractivity contribution in [2.75, 3.05) is 13.4 Å². The molecule has 0 spiro atoms. The first-order valence-electron chi connectivity index (χ1n) is 8.00. The summed E-state index contributed by atoms with van der Waals surface area (Å²) < 4.78 is 22.1. The first-order valence-corrected chi connectivity index (χ1v) is 8.00. The molecule has 2 atom stereocenters. The van der Waals surface area contributed by atoms with Crippen LogP contribution in [0.1, 0.15) is 23.7 Å². The maximum Gasteiger partial charge on any atom is 0.306 e. The van der Waals surface area contributed by atoms with Gasteiger partial charge in [0.25, 0.3) is 0 Å². The maximum atomic E-state index is 11.5. The summed E-state index contributed by atoms with van der Waals surface area (Å²) in [4.78, 5) is 11.5. The average Bonchev–Trinajstić information content (AvgIpc) is 3.24. The van der Waals surface area contributed by atoms with Crippen LogP contribution in [0.5, 0.6) is 11.5 Å². The van der Waals surface area contributed by atoms with Crippen LogP contribution in [0.4, 0.5) is 0 Å². The molecule has 1 saturated heterocycles. The maximum absolute atomic E-state index is 11.5. The second-order valence-corrected chi connectivity index (χ2v) is 5.98. The van der Waals surface area contributed by atoms with E-state index in [1.165, 1.54) is 0 Å². The van der Waals surface area contributed by atoms with Gasteiger partial charge in [-0.1, -0.05) is 36.4 Å². The monoisotopic (exact) mass is 326 g/mol. The van der Waals surface area contributed by atoms with Gasteiger partial charge in [0.1, 0.15) is 0 Å². The van der Waals surface area contributed by atoms with Crippen LogP contribution < -0.4 is 9.47 Å². The second-order valence-electron chi connectivity index (χ2n) is 5.98. The molecule has 5 nitrogen and oxygen atoms in total. The third kappa shape index (κ3) is 3.08. The number of carbonyl (C=O) groups excluding carboxylic acids is 1. The van der Waals surface area contributed by atoms with E-state index < -0.39 is 0 Å². The minimum atomic E-state index is -0.230. The number of cyclic esters (lactones) is 1. The first kappa shape index (κ1) is 15.0. The molecule has 5 heteroatoms. The van der Waals surface area contributed by atoms with Crippen molar-refractivity contribution in [3.63, 3.8) is 0 Å². The minimum Gasteiger partial charge on any atom is -0.465 e. The number of benzene rings is 2. The van der Waals surface area contributed by atoms with Crippen molar-refractivity contribution in [3.05, 3.63) is 59.7 Å². The molecular formula is C19H18O5. The van der Waals surface area contributed by atoms with Gasteiger partial charge < -0.3 is 18.9 Å². The Morgan fingerprint density at radius 3 is 2.67 bits per heavy atom. The van der Waals surface area contributed by atoms with E-state index >= 15 is 0 Å². The van der Waals surface area contributed by atoms with Gasteiger partial charge in [-0.25, -0.2) is 0 Å². The Morgan fingerprint density at radius 2 is 1.88 bits per heavy atom. The molecule has 0 aliphatic carbocycles. The lowest BCUT2D eigenvalue weighted by molar-refractivity contribution is -0.137. The summed E-state index contributed by atoms with van der Waals surface area (Å²) in [5.41, 5.74) is 2.06. The molecule has 2 aromatic rings. The quantitative estimate of drug-likeness (QED) is 0.790. The predicted molar refractivity (Wildman–Crippen MR) is 85.6 cm³/mol. The largest absolute Gasteiger partial charge is 0.465 e. The zero-order chi connectivity index (χ0) is 16.4. The van der Waals surface area contributed by atoms with Crippen molar-refractivity contribution in [1.82, 2.24) is 0 Å². The molecule has 2 aromatic carbocycles. The summed E-state index contributed by atoms with van der Waals surface area (Å²) >= 11 is 0. The van der Waals surface area contributed by atoms with Crippen molar-refractivity contribution in [2.24, 2.45) is 5.92 Å². The van der Waals surface area contributed by atoms with Crippen molar-refractivity contribution >= 4 is 5.97 Å². The summed E-state index contributed by atoms with van der Waals surface area (Å²) in [5, 5.41) is 0. The zero-order valence-corrected chi connectivity index (χ0v) is 13.1. The molecule has 24 heavy (non-hydrogen) atoms. The van der Waals surface area contributed by atoms with Crippen LogP contribution in [0.25, 0.3) is 0 Å². The van der Waals surface area contributed by atoms with Gasteiger partial charge in [0.2, 0.25) is 6.79 Å². The molecule has 2 aliphatic heterocycles. The van der Waals surface area contributed by atoms with E-state index in [1.807, 2.05) is 48.5 Å². The predicted octanol–water partition coefficient (Wildman–Crippen LogP) is 3.24. The summed E-state index contributed by atoms with van der Waals surface area (Å²) in [6.45, 7) is 1.09. The highest BCUT2D eigenvalue weighted by Crippen LogP contribution is 2.39. The molecule has 0 saturated carbocycles. The molecule has 2 heterocycles. The van der Waals surface area contributed by atoms with E-state index in [0.29, 0.717) is 25.4 Å². The summed E-state index contributed by atoms with van der Waals surface area (Å²) in [5.74, 6) is 1.28. The summed E-state index contributed by atoms with van der Waals surface area (Å²) in [7, 11) is 0. The molecule has 0 bridgehead atoms. The van der Waals surface area contributed by atoms with Crippen LogP contribution in [-0.4, -0.2) is 19.4 Å². The fraction of sp³-hybridized carbons (Fsp3) is 0.316. The molecule has 0 aromatic heterocycles. The van der Waals surface area contributed by atoms with Gasteiger partial charge in [-0.05, 0) is 23.3 Å². The van der Waals surface area contributed by atoms with Crippen molar-refractivity contribution < 1.29 is 23.7 Å². The van der Waals surface area contributed by atoms with Gasteiger partial charge >= 0.3 is 5.97 Å². The van der Waals surface area contributed by atoms with Crippen LogP contribution >= 0.6 is 0 Å². The normalized spacial score (nSPS) is 20.0. The van der Waals surface area contributed by atoms with E-state index in [4.69, 9.17) is 18.9 Å². The van der Waals surface area contributed by atoms with Crippen LogP contribution in [0.2, 0.25) is 0 Å². The lowest BCUT2D eigenvalue weighted by Gasteiger charge is -2.23. The first-order chi connectivity index (χ1) is 11.8. The van der Waals surface area contributed by atoms with E-state index in [-0.39, 0.29) is 24.8 Å². The third-order valence-electron chi connectivity index (χ3n) is 4.31. The van der Waals surface area contributed by atoms with E-state index in [0.717, 1.165) is 16.9 Å². The van der Waals surface area contributed by atoms with Crippen molar-refractivity contribution in [2.45, 2.75) is 19.1 Å². The molecule has 1 fully saturated rings. The zero-order valence-electron chi connectivity index (χ0n) is 13.1. The smallest absolute Gasteiger partial charge is 0.306 e. The van der Waals surface area contributed by atoms with Crippen LogP contribution in [-0.2, 0) is 20.9 Å². The molecule has 0 unspecified atom stereocenters. The summed E-state index contributed by atoms with van der Waals surface area (Å²) in [6.07, 6.45) is 0.139. The molecule has 124 valence electrons. The summed E-state index contributed by atoms with van der Waals surface area (Å²) in [6, 6.07) is 15.8. The molecule has 0 amide bonds. The number of carbonyl (C=O) groups is 1. The standard InChI is InChI=1S/C19H18O5/c20-18-9-15(11-21-18)19(22-10-13-4-2-1-3-5-13)14-6-7-16-17(8-14)24-12-23-16/h1-8,15,19H,9-12H2/t15-,19+/m1/s1. The Labute approximate surface area is 140 Å². The van der Waals surface area contributed by atoms with Gasteiger partial charge in [-0.15, -0.1) is 0 Å². The van der Waals surface area contributed by atoms with Gasteiger partial charge in [-0.2, -0.15) is 0 Å². The Morgan fingerprint density at radius 1 is 1.04 bits per heavy atom. The Balaban J connectivity index is 1.57. The SMILES string of the molecule is O=C1C[C@@H]([C@@H](OCc2ccccc2)c2ccc3c(c2)OCO3)CO1. The highest BCUT2D eigenvalue weighted by Gasteiger charge is 2.33. The lowest BCUT2D eigenvalue weighted by Crippen LogP contribution is -2.17. The molecule has 0 N–H and O–H groups in total. The molecular weight excluding hydrogens is 308 g/mol. The minimum absolute atomic E-state index is 0.00147. The third-order valence-corrected chi connectivity index (χ3v) is 4.31.